The smallest absolute Gasteiger partial charge is 0.226 e. The second-order valence-corrected chi connectivity index (χ2v) is 6.40. The molecule has 4 heteroatoms. The number of allylic oxidation sites excluding steroid dienone is 3. The van der Waals surface area contributed by atoms with Crippen molar-refractivity contribution in [1.82, 2.24) is 0 Å². The van der Waals surface area contributed by atoms with Crippen LogP contribution in [0.1, 0.15) is 30.0 Å². The van der Waals surface area contributed by atoms with Crippen molar-refractivity contribution in [3.05, 3.63) is 70.8 Å². The maximum atomic E-state index is 11.5. The molecule has 0 unspecified atom stereocenters. The molecule has 2 aromatic rings. The van der Waals surface area contributed by atoms with E-state index in [4.69, 9.17) is 27.9 Å². The van der Waals surface area contributed by atoms with Crippen LogP contribution in [0.15, 0.2) is 54.1 Å². The predicted octanol–water partition coefficient (Wildman–Crippen LogP) is 5.74. The SMILES string of the molecule is COc1ccc2c(c1)C(CC(=O)Cl)=C(C)C2=C(Cl)c1ccccc1. The Morgan fingerprint density at radius 3 is 2.38 bits per heavy atom. The Morgan fingerprint density at radius 1 is 1.04 bits per heavy atom. The molecule has 122 valence electrons. The van der Waals surface area contributed by atoms with Gasteiger partial charge in [0.25, 0.3) is 0 Å². The van der Waals surface area contributed by atoms with Crippen molar-refractivity contribution in [3.8, 4) is 5.75 Å². The third-order valence-corrected chi connectivity index (χ3v) is 4.75. The van der Waals surface area contributed by atoms with E-state index in [1.54, 1.807) is 7.11 Å². The van der Waals surface area contributed by atoms with Crippen LogP contribution in [0.3, 0.4) is 0 Å². The normalized spacial score (nSPS) is 15.3. The second kappa shape index (κ2) is 6.84. The standard InChI is InChI=1S/C20H16Cl2O2/c1-12-16(11-18(21)23)17-10-14(24-2)8-9-15(17)19(12)20(22)13-6-4-3-5-7-13/h3-10H,11H2,1-2H3. The van der Waals surface area contributed by atoms with Crippen molar-refractivity contribution in [3.63, 3.8) is 0 Å². The summed E-state index contributed by atoms with van der Waals surface area (Å²) < 4.78 is 5.32. The summed E-state index contributed by atoms with van der Waals surface area (Å²) in [4.78, 5) is 11.5. The van der Waals surface area contributed by atoms with Gasteiger partial charge in [0, 0.05) is 12.0 Å². The third kappa shape index (κ3) is 3.00. The first kappa shape index (κ1) is 16.8. The molecule has 0 radical (unpaired) electrons. The average molecular weight is 359 g/mol. The van der Waals surface area contributed by atoms with Crippen LogP contribution in [-0.2, 0) is 4.79 Å². The first-order chi connectivity index (χ1) is 11.5. The molecule has 0 atom stereocenters. The average Bonchev–Trinajstić information content (AvgIpc) is 2.86. The molecule has 0 aromatic heterocycles. The number of hydrogen-bond acceptors (Lipinski definition) is 2. The molecule has 24 heavy (non-hydrogen) atoms. The fourth-order valence-corrected chi connectivity index (χ4v) is 3.55. The highest BCUT2D eigenvalue weighted by atomic mass is 35.5. The van der Waals surface area contributed by atoms with E-state index in [9.17, 15) is 4.79 Å². The van der Waals surface area contributed by atoms with Gasteiger partial charge in [-0.25, -0.2) is 0 Å². The van der Waals surface area contributed by atoms with Crippen LogP contribution >= 0.6 is 23.2 Å². The molecule has 0 aliphatic heterocycles. The van der Waals surface area contributed by atoms with Crippen LogP contribution in [0.2, 0.25) is 0 Å². The van der Waals surface area contributed by atoms with Crippen LogP contribution in [0.5, 0.6) is 5.75 Å². The molecule has 0 bridgehead atoms. The van der Waals surface area contributed by atoms with E-state index in [0.29, 0.717) is 5.03 Å². The Morgan fingerprint density at radius 2 is 1.75 bits per heavy atom. The Balaban J connectivity index is 2.25. The van der Waals surface area contributed by atoms with Gasteiger partial charge in [-0.2, -0.15) is 0 Å². The van der Waals surface area contributed by atoms with Crippen LogP contribution in [0, 0.1) is 0 Å². The molecule has 0 amide bonds. The van der Waals surface area contributed by atoms with E-state index in [2.05, 4.69) is 0 Å². The number of methoxy groups -OCH3 is 1. The molecular formula is C20H16Cl2O2. The van der Waals surface area contributed by atoms with E-state index in [1.165, 1.54) is 0 Å². The summed E-state index contributed by atoms with van der Waals surface area (Å²) >= 11 is 12.4. The summed E-state index contributed by atoms with van der Waals surface area (Å²) in [7, 11) is 1.62. The third-order valence-electron chi connectivity index (χ3n) is 4.21. The van der Waals surface area contributed by atoms with Crippen LogP contribution in [-0.4, -0.2) is 12.4 Å². The van der Waals surface area contributed by atoms with Crippen molar-refractivity contribution in [2.24, 2.45) is 0 Å². The van der Waals surface area contributed by atoms with E-state index >= 15 is 0 Å². The zero-order chi connectivity index (χ0) is 17.3. The number of halogens is 2. The molecule has 3 rings (SSSR count). The molecular weight excluding hydrogens is 343 g/mol. The number of ether oxygens (including phenoxy) is 1. The van der Waals surface area contributed by atoms with E-state index in [-0.39, 0.29) is 6.42 Å². The van der Waals surface area contributed by atoms with Crippen LogP contribution < -0.4 is 4.74 Å². The van der Waals surface area contributed by atoms with Gasteiger partial charge in [-0.3, -0.25) is 4.79 Å². The first-order valence-corrected chi connectivity index (χ1v) is 8.31. The maximum Gasteiger partial charge on any atom is 0.226 e. The highest BCUT2D eigenvalue weighted by Crippen LogP contribution is 2.48. The number of carbonyl (C=O) groups excluding carboxylic acids is 1. The van der Waals surface area contributed by atoms with Gasteiger partial charge in [0.05, 0.1) is 12.1 Å². The second-order valence-electron chi connectivity index (χ2n) is 5.60. The topological polar surface area (TPSA) is 26.3 Å². The minimum atomic E-state index is -0.393. The van der Waals surface area contributed by atoms with Gasteiger partial charge in [0.2, 0.25) is 5.24 Å². The number of benzene rings is 2. The van der Waals surface area contributed by atoms with E-state index in [0.717, 1.165) is 39.2 Å². The quantitative estimate of drug-likeness (QED) is 0.650. The molecule has 0 fully saturated rings. The molecule has 0 heterocycles. The fraction of sp³-hybridized carbons (Fsp3) is 0.150. The molecule has 2 aromatic carbocycles. The zero-order valence-electron chi connectivity index (χ0n) is 13.4. The molecule has 0 saturated carbocycles. The summed E-state index contributed by atoms with van der Waals surface area (Å²) in [5.74, 6) is 0.734. The largest absolute Gasteiger partial charge is 0.497 e. The van der Waals surface area contributed by atoms with Crippen molar-refractivity contribution in [2.45, 2.75) is 13.3 Å². The van der Waals surface area contributed by atoms with Gasteiger partial charge in [-0.1, -0.05) is 48.0 Å². The molecule has 0 spiro atoms. The zero-order valence-corrected chi connectivity index (χ0v) is 14.9. The minimum Gasteiger partial charge on any atom is -0.497 e. The highest BCUT2D eigenvalue weighted by molar-refractivity contribution is 6.64. The minimum absolute atomic E-state index is 0.163. The summed E-state index contributed by atoms with van der Waals surface area (Å²) in [6.45, 7) is 1.97. The number of fused-ring (bicyclic) bond motifs is 1. The first-order valence-electron chi connectivity index (χ1n) is 7.55. The Labute approximate surface area is 151 Å². The highest BCUT2D eigenvalue weighted by Gasteiger charge is 2.27. The van der Waals surface area contributed by atoms with E-state index < -0.39 is 5.24 Å². The molecule has 0 saturated heterocycles. The molecule has 0 N–H and O–H groups in total. The lowest BCUT2D eigenvalue weighted by Gasteiger charge is -2.09. The maximum absolute atomic E-state index is 11.5. The van der Waals surface area contributed by atoms with E-state index in [1.807, 2.05) is 55.5 Å². The number of hydrogen-bond donors (Lipinski definition) is 0. The van der Waals surface area contributed by atoms with Gasteiger partial charge >= 0.3 is 0 Å². The van der Waals surface area contributed by atoms with Gasteiger partial charge in [-0.05, 0) is 58.5 Å². The van der Waals surface area contributed by atoms with Gasteiger partial charge in [0.15, 0.2) is 0 Å². The summed E-state index contributed by atoms with van der Waals surface area (Å²) in [6.07, 6.45) is 0.163. The molecule has 2 nitrogen and oxygen atoms in total. The van der Waals surface area contributed by atoms with Crippen LogP contribution in [0.4, 0.5) is 0 Å². The van der Waals surface area contributed by atoms with Gasteiger partial charge < -0.3 is 4.74 Å². The summed E-state index contributed by atoms with van der Waals surface area (Å²) in [5.41, 5.74) is 5.69. The van der Waals surface area contributed by atoms with Crippen molar-refractivity contribution in [2.75, 3.05) is 7.11 Å². The lowest BCUT2D eigenvalue weighted by atomic mass is 10.00. The Hall–Kier alpha value is -2.03. The van der Waals surface area contributed by atoms with Crippen molar-refractivity contribution >= 4 is 44.6 Å². The molecule has 1 aliphatic rings. The lowest BCUT2D eigenvalue weighted by molar-refractivity contribution is -0.110. The predicted molar refractivity (Wildman–Crippen MR) is 100 cm³/mol. The fourth-order valence-electron chi connectivity index (χ4n) is 3.05. The van der Waals surface area contributed by atoms with Crippen molar-refractivity contribution < 1.29 is 9.53 Å². The Bertz CT molecular complexity index is 864. The molecule has 1 aliphatic carbocycles. The monoisotopic (exact) mass is 358 g/mol. The summed E-state index contributed by atoms with van der Waals surface area (Å²) in [5, 5.41) is 0.270. The van der Waals surface area contributed by atoms with Gasteiger partial charge in [-0.15, -0.1) is 0 Å². The van der Waals surface area contributed by atoms with Crippen molar-refractivity contribution in [1.29, 1.82) is 0 Å². The summed E-state index contributed by atoms with van der Waals surface area (Å²) in [6, 6.07) is 15.6. The van der Waals surface area contributed by atoms with Gasteiger partial charge in [0.1, 0.15) is 5.75 Å². The van der Waals surface area contributed by atoms with Crippen LogP contribution in [0.25, 0.3) is 16.2 Å². The Kier molecular flexibility index (Phi) is 4.79. The lowest BCUT2D eigenvalue weighted by Crippen LogP contribution is -1.92. The number of carbonyl (C=O) groups is 1. The number of rotatable bonds is 4.